The van der Waals surface area contributed by atoms with Gasteiger partial charge >= 0.3 is 5.97 Å². The Morgan fingerprint density at radius 2 is 2.38 bits per heavy atom. The maximum atomic E-state index is 11.5. The van der Waals surface area contributed by atoms with Gasteiger partial charge in [0.1, 0.15) is 6.04 Å². The van der Waals surface area contributed by atoms with Crippen LogP contribution in [0.4, 0.5) is 0 Å². The Hall–Kier alpha value is -1.36. The van der Waals surface area contributed by atoms with Crippen LogP contribution in [0.2, 0.25) is 0 Å². The second kappa shape index (κ2) is 6.27. The van der Waals surface area contributed by atoms with Gasteiger partial charge in [-0.25, -0.2) is 4.98 Å². The van der Waals surface area contributed by atoms with E-state index in [1.807, 2.05) is 0 Å². The van der Waals surface area contributed by atoms with E-state index in [1.165, 1.54) is 0 Å². The lowest BCUT2D eigenvalue weighted by atomic mass is 10.1. The minimum absolute atomic E-state index is 0.352. The number of imidazole rings is 1. The zero-order valence-corrected chi connectivity index (χ0v) is 9.77. The van der Waals surface area contributed by atoms with Crippen molar-refractivity contribution in [3.05, 3.63) is 18.2 Å². The van der Waals surface area contributed by atoms with Crippen LogP contribution in [-0.2, 0) is 16.0 Å². The van der Waals surface area contributed by atoms with Gasteiger partial charge in [-0.3, -0.25) is 4.79 Å². The number of H-pyrrole nitrogens is 1. The van der Waals surface area contributed by atoms with Gasteiger partial charge in [0, 0.05) is 18.3 Å². The van der Waals surface area contributed by atoms with Gasteiger partial charge in [-0.05, 0) is 12.3 Å². The van der Waals surface area contributed by atoms with Crippen LogP contribution < -0.4 is 5.73 Å². The van der Waals surface area contributed by atoms with Crippen molar-refractivity contribution >= 4 is 5.97 Å². The molecule has 0 spiro atoms. The summed E-state index contributed by atoms with van der Waals surface area (Å²) in [6, 6.07) is -0.618. The van der Waals surface area contributed by atoms with Crippen molar-refractivity contribution in [1.29, 1.82) is 0 Å². The molecule has 16 heavy (non-hydrogen) atoms. The molecule has 0 bridgehead atoms. The molecule has 0 amide bonds. The highest BCUT2D eigenvalue weighted by Gasteiger charge is 2.16. The molecule has 0 unspecified atom stereocenters. The van der Waals surface area contributed by atoms with E-state index in [1.54, 1.807) is 12.5 Å². The number of carbonyl (C=O) groups excluding carboxylic acids is 1. The van der Waals surface area contributed by atoms with Gasteiger partial charge in [0.25, 0.3) is 0 Å². The Morgan fingerprint density at radius 1 is 1.62 bits per heavy atom. The maximum Gasteiger partial charge on any atom is 0.323 e. The van der Waals surface area contributed by atoms with Gasteiger partial charge in [0.2, 0.25) is 0 Å². The molecular weight excluding hydrogens is 206 g/mol. The summed E-state index contributed by atoms with van der Waals surface area (Å²) in [6.45, 7) is 4.60. The summed E-state index contributed by atoms with van der Waals surface area (Å²) in [7, 11) is 0. The van der Waals surface area contributed by atoms with Gasteiger partial charge in [-0.2, -0.15) is 0 Å². The second-order valence-corrected chi connectivity index (χ2v) is 4.24. The first-order valence-corrected chi connectivity index (χ1v) is 5.49. The van der Waals surface area contributed by atoms with Crippen molar-refractivity contribution in [2.75, 3.05) is 6.61 Å². The number of hydrogen-bond donors (Lipinski definition) is 2. The molecule has 0 aromatic carbocycles. The lowest BCUT2D eigenvalue weighted by Crippen LogP contribution is -2.34. The Balaban J connectivity index is 2.25. The van der Waals surface area contributed by atoms with Crippen molar-refractivity contribution in [3.63, 3.8) is 0 Å². The van der Waals surface area contributed by atoms with E-state index in [9.17, 15) is 4.79 Å². The van der Waals surface area contributed by atoms with Gasteiger partial charge in [-0.15, -0.1) is 0 Å². The number of nitrogens with one attached hydrogen (secondary N) is 1. The smallest absolute Gasteiger partial charge is 0.323 e. The van der Waals surface area contributed by atoms with Crippen LogP contribution in [0.5, 0.6) is 0 Å². The van der Waals surface area contributed by atoms with E-state index in [4.69, 9.17) is 10.5 Å². The molecular formula is C11H19N3O2. The molecule has 0 aliphatic rings. The molecule has 0 radical (unpaired) electrons. The van der Waals surface area contributed by atoms with Crippen LogP contribution in [-0.4, -0.2) is 28.6 Å². The highest BCUT2D eigenvalue weighted by Crippen LogP contribution is 2.02. The SMILES string of the molecule is CC(C)CCOC(=O)[C@H](N)Cc1cnc[nH]1. The molecule has 1 aromatic rings. The predicted octanol–water partition coefficient (Wildman–Crippen LogP) is 0.869. The molecule has 1 heterocycles. The van der Waals surface area contributed by atoms with Crippen LogP contribution in [0.25, 0.3) is 0 Å². The molecule has 3 N–H and O–H groups in total. The molecule has 1 atom stereocenters. The van der Waals surface area contributed by atoms with E-state index < -0.39 is 6.04 Å². The Labute approximate surface area is 95.4 Å². The summed E-state index contributed by atoms with van der Waals surface area (Å²) in [4.78, 5) is 18.2. The lowest BCUT2D eigenvalue weighted by molar-refractivity contribution is -0.145. The van der Waals surface area contributed by atoms with Crippen molar-refractivity contribution < 1.29 is 9.53 Å². The summed E-state index contributed by atoms with van der Waals surface area (Å²) in [5.74, 6) is 0.173. The molecule has 0 aliphatic heterocycles. The molecule has 0 fully saturated rings. The quantitative estimate of drug-likeness (QED) is 0.704. The average molecular weight is 225 g/mol. The summed E-state index contributed by atoms with van der Waals surface area (Å²) in [5.41, 5.74) is 6.54. The summed E-state index contributed by atoms with van der Waals surface area (Å²) < 4.78 is 5.07. The molecule has 1 aromatic heterocycles. The lowest BCUT2D eigenvalue weighted by Gasteiger charge is -2.11. The fraction of sp³-hybridized carbons (Fsp3) is 0.636. The number of hydrogen-bond acceptors (Lipinski definition) is 4. The number of nitrogens with two attached hydrogens (primary N) is 1. The van der Waals surface area contributed by atoms with Crippen LogP contribution >= 0.6 is 0 Å². The Kier molecular flexibility index (Phi) is 4.98. The monoisotopic (exact) mass is 225 g/mol. The molecule has 0 aliphatic carbocycles. The average Bonchev–Trinajstić information content (AvgIpc) is 2.69. The van der Waals surface area contributed by atoms with Gasteiger partial charge in [-0.1, -0.05) is 13.8 Å². The number of esters is 1. The standard InChI is InChI=1S/C11H19N3O2/c1-8(2)3-4-16-11(15)10(12)5-9-6-13-7-14-9/h6-8,10H,3-5,12H2,1-2H3,(H,13,14)/t10-/m1/s1. The minimum atomic E-state index is -0.618. The number of aromatic nitrogens is 2. The fourth-order valence-corrected chi connectivity index (χ4v) is 1.22. The Morgan fingerprint density at radius 3 is 2.94 bits per heavy atom. The number of carbonyl (C=O) groups is 1. The Bertz CT molecular complexity index is 309. The van der Waals surface area contributed by atoms with Crippen LogP contribution in [0.1, 0.15) is 26.0 Å². The molecule has 0 saturated carbocycles. The molecule has 0 saturated heterocycles. The number of rotatable bonds is 6. The fourth-order valence-electron chi connectivity index (χ4n) is 1.22. The zero-order chi connectivity index (χ0) is 12.0. The highest BCUT2D eigenvalue weighted by atomic mass is 16.5. The summed E-state index contributed by atoms with van der Waals surface area (Å²) in [5, 5.41) is 0. The van der Waals surface area contributed by atoms with E-state index in [0.717, 1.165) is 12.1 Å². The summed E-state index contributed by atoms with van der Waals surface area (Å²) in [6.07, 6.45) is 4.51. The largest absolute Gasteiger partial charge is 0.465 e. The van der Waals surface area contributed by atoms with E-state index in [0.29, 0.717) is 18.9 Å². The van der Waals surface area contributed by atoms with Crippen molar-refractivity contribution in [2.45, 2.75) is 32.7 Å². The number of nitrogens with zero attached hydrogens (tertiary/aromatic N) is 1. The first-order chi connectivity index (χ1) is 7.59. The molecule has 1 rings (SSSR count). The van der Waals surface area contributed by atoms with Crippen molar-refractivity contribution in [2.24, 2.45) is 11.7 Å². The predicted molar refractivity (Wildman–Crippen MR) is 60.7 cm³/mol. The molecule has 5 heteroatoms. The third-order valence-corrected chi connectivity index (χ3v) is 2.24. The number of ether oxygens (including phenoxy) is 1. The van der Waals surface area contributed by atoms with Crippen LogP contribution in [0.15, 0.2) is 12.5 Å². The first kappa shape index (κ1) is 12.7. The van der Waals surface area contributed by atoms with E-state index in [-0.39, 0.29) is 5.97 Å². The zero-order valence-electron chi connectivity index (χ0n) is 9.77. The van der Waals surface area contributed by atoms with Crippen molar-refractivity contribution in [1.82, 2.24) is 9.97 Å². The topological polar surface area (TPSA) is 81.0 Å². The van der Waals surface area contributed by atoms with Crippen LogP contribution in [0, 0.1) is 5.92 Å². The van der Waals surface area contributed by atoms with Gasteiger partial charge < -0.3 is 15.5 Å². The van der Waals surface area contributed by atoms with Gasteiger partial charge in [0.05, 0.1) is 12.9 Å². The maximum absolute atomic E-state index is 11.5. The van der Waals surface area contributed by atoms with E-state index in [2.05, 4.69) is 23.8 Å². The van der Waals surface area contributed by atoms with Crippen molar-refractivity contribution in [3.8, 4) is 0 Å². The molecule has 90 valence electrons. The number of aromatic amines is 1. The normalized spacial score (nSPS) is 12.8. The minimum Gasteiger partial charge on any atom is -0.465 e. The second-order valence-electron chi connectivity index (χ2n) is 4.24. The van der Waals surface area contributed by atoms with Gasteiger partial charge in [0.15, 0.2) is 0 Å². The van der Waals surface area contributed by atoms with E-state index >= 15 is 0 Å². The van der Waals surface area contributed by atoms with Crippen LogP contribution in [0.3, 0.4) is 0 Å². The molecule has 5 nitrogen and oxygen atoms in total. The third-order valence-electron chi connectivity index (χ3n) is 2.24. The third kappa shape index (κ3) is 4.44. The first-order valence-electron chi connectivity index (χ1n) is 5.49. The summed E-state index contributed by atoms with van der Waals surface area (Å²) >= 11 is 0. The highest BCUT2D eigenvalue weighted by molar-refractivity contribution is 5.75.